The topological polar surface area (TPSA) is 83.4 Å². The van der Waals surface area contributed by atoms with Gasteiger partial charge >= 0.3 is 0 Å². The highest BCUT2D eigenvalue weighted by Gasteiger charge is 2.45. The van der Waals surface area contributed by atoms with Gasteiger partial charge in [0, 0.05) is 5.75 Å². The van der Waals surface area contributed by atoms with Crippen LogP contribution < -0.4 is 4.90 Å². The van der Waals surface area contributed by atoms with Crippen LogP contribution >= 0.6 is 23.1 Å². The lowest BCUT2D eigenvalue weighted by atomic mass is 9.95. The first kappa shape index (κ1) is 27.6. The Morgan fingerprint density at radius 3 is 2.48 bits per heavy atom. The summed E-state index contributed by atoms with van der Waals surface area (Å²) in [6.07, 6.45) is 3.94. The molecular formula is C34H27N3O3S2. The van der Waals surface area contributed by atoms with Crippen molar-refractivity contribution in [2.45, 2.75) is 29.5 Å². The second-order valence-corrected chi connectivity index (χ2v) is 12.0. The summed E-state index contributed by atoms with van der Waals surface area (Å²) in [5, 5.41) is 22.4. The molecule has 0 bridgehead atoms. The second-order valence-electron chi connectivity index (χ2n) is 9.82. The summed E-state index contributed by atoms with van der Waals surface area (Å²) >= 11 is 2.81. The van der Waals surface area contributed by atoms with Gasteiger partial charge < -0.3 is 5.11 Å². The van der Waals surface area contributed by atoms with E-state index in [1.807, 2.05) is 72.8 Å². The molecule has 4 aromatic carbocycles. The Hall–Kier alpha value is -4.53. The number of carbonyl (C=O) groups excluding carboxylic acids is 2. The van der Waals surface area contributed by atoms with Gasteiger partial charge in [-0.1, -0.05) is 133 Å². The van der Waals surface area contributed by atoms with Crippen LogP contribution in [0.25, 0.3) is 16.8 Å². The third-order valence-corrected chi connectivity index (χ3v) is 9.34. The third-order valence-electron chi connectivity index (χ3n) is 7.24. The maximum Gasteiger partial charge on any atom is 0.296 e. The second kappa shape index (κ2) is 12.1. The lowest BCUT2D eigenvalue weighted by molar-refractivity contribution is -0.117. The molecule has 1 aliphatic rings. The summed E-state index contributed by atoms with van der Waals surface area (Å²) in [7, 11) is 0. The number of allylic oxidation sites excluding steroid dienone is 1. The highest BCUT2D eigenvalue weighted by Crippen LogP contribution is 2.43. The number of carbonyl (C=O) groups is 2. The van der Waals surface area contributed by atoms with E-state index in [4.69, 9.17) is 0 Å². The molecule has 0 saturated heterocycles. The molecule has 208 valence electrons. The van der Waals surface area contributed by atoms with Crippen LogP contribution in [0, 0.1) is 0 Å². The van der Waals surface area contributed by atoms with E-state index >= 15 is 0 Å². The van der Waals surface area contributed by atoms with Crippen LogP contribution in [0.4, 0.5) is 5.13 Å². The lowest BCUT2D eigenvalue weighted by Crippen LogP contribution is -2.30. The van der Waals surface area contributed by atoms with Crippen molar-refractivity contribution in [2.75, 3.05) is 4.90 Å². The van der Waals surface area contributed by atoms with Crippen LogP contribution in [-0.4, -0.2) is 27.0 Å². The zero-order chi connectivity index (χ0) is 29.1. The summed E-state index contributed by atoms with van der Waals surface area (Å²) in [6, 6.07) is 30.8. The van der Waals surface area contributed by atoms with Crippen molar-refractivity contribution in [2.24, 2.45) is 0 Å². The third kappa shape index (κ3) is 5.51. The van der Waals surface area contributed by atoms with Gasteiger partial charge in [-0.3, -0.25) is 14.5 Å². The molecule has 1 atom stereocenters. The molecule has 0 saturated carbocycles. The molecule has 6 nitrogen and oxygen atoms in total. The molecule has 8 heteroatoms. The van der Waals surface area contributed by atoms with Gasteiger partial charge in [-0.05, 0) is 45.5 Å². The molecule has 1 N–H and O–H groups in total. The zero-order valence-corrected chi connectivity index (χ0v) is 24.4. The number of aromatic nitrogens is 2. The van der Waals surface area contributed by atoms with E-state index in [2.05, 4.69) is 41.4 Å². The van der Waals surface area contributed by atoms with Gasteiger partial charge in [0.1, 0.15) is 0 Å². The first-order chi connectivity index (χ1) is 20.5. The van der Waals surface area contributed by atoms with Gasteiger partial charge in [-0.2, -0.15) is 0 Å². The fraction of sp³-hybridized carbons (Fsp3) is 0.118. The minimum Gasteiger partial charge on any atom is -0.503 e. The van der Waals surface area contributed by atoms with Crippen molar-refractivity contribution in [3.05, 3.63) is 137 Å². The van der Waals surface area contributed by atoms with Gasteiger partial charge in [-0.25, -0.2) is 0 Å². The number of nitrogens with zero attached hydrogens (tertiary/aromatic N) is 3. The number of aliphatic hydroxyl groups excluding tert-OH is 1. The summed E-state index contributed by atoms with van der Waals surface area (Å²) in [5.74, 6) is -0.990. The minimum atomic E-state index is -0.833. The number of amides is 1. The number of anilines is 1. The number of benzene rings is 4. The molecule has 2 heterocycles. The molecule has 1 amide bonds. The standard InChI is InChI=1S/C34H27N3O3S2/c1-2-22-15-18-25(19-16-22)30-29(28(38)20-17-23-9-4-3-5-10-23)31(39)32(40)37(30)33-35-36-34(42-33)41-21-26-13-8-12-24-11-6-7-14-27(24)26/h3-20,30,39H,2,21H2,1H3. The first-order valence-corrected chi connectivity index (χ1v) is 15.4. The number of aliphatic hydroxyl groups is 1. The summed E-state index contributed by atoms with van der Waals surface area (Å²) in [4.78, 5) is 28.4. The Bertz CT molecular complexity index is 1820. The number of fused-ring (bicyclic) bond motifs is 1. The Balaban J connectivity index is 1.31. The van der Waals surface area contributed by atoms with Crippen molar-refractivity contribution in [3.63, 3.8) is 0 Å². The average molecular weight is 590 g/mol. The molecular weight excluding hydrogens is 563 g/mol. The van der Waals surface area contributed by atoms with Crippen molar-refractivity contribution < 1.29 is 14.7 Å². The number of rotatable bonds is 9. The van der Waals surface area contributed by atoms with Crippen LogP contribution in [0.1, 0.15) is 35.2 Å². The average Bonchev–Trinajstić information content (AvgIpc) is 3.61. The van der Waals surface area contributed by atoms with Crippen LogP contribution in [0.3, 0.4) is 0 Å². The predicted octanol–water partition coefficient (Wildman–Crippen LogP) is 7.73. The van der Waals surface area contributed by atoms with E-state index in [-0.39, 0.29) is 5.57 Å². The zero-order valence-electron chi connectivity index (χ0n) is 22.8. The molecule has 42 heavy (non-hydrogen) atoms. The smallest absolute Gasteiger partial charge is 0.296 e. The monoisotopic (exact) mass is 589 g/mol. The van der Waals surface area contributed by atoms with Crippen LogP contribution in [0.5, 0.6) is 0 Å². The van der Waals surface area contributed by atoms with Gasteiger partial charge in [0.05, 0.1) is 11.6 Å². The fourth-order valence-electron chi connectivity index (χ4n) is 5.05. The van der Waals surface area contributed by atoms with Crippen LogP contribution in [-0.2, 0) is 21.8 Å². The van der Waals surface area contributed by atoms with E-state index in [9.17, 15) is 14.7 Å². The van der Waals surface area contributed by atoms with E-state index in [0.29, 0.717) is 20.8 Å². The first-order valence-electron chi connectivity index (χ1n) is 13.6. The van der Waals surface area contributed by atoms with Crippen molar-refractivity contribution in [1.29, 1.82) is 0 Å². The molecule has 0 radical (unpaired) electrons. The van der Waals surface area contributed by atoms with Crippen molar-refractivity contribution >= 4 is 56.8 Å². The van der Waals surface area contributed by atoms with E-state index in [1.54, 1.807) is 6.08 Å². The predicted molar refractivity (Wildman–Crippen MR) is 170 cm³/mol. The summed E-state index contributed by atoms with van der Waals surface area (Å²) < 4.78 is 0.689. The van der Waals surface area contributed by atoms with Crippen LogP contribution in [0.15, 0.2) is 119 Å². The van der Waals surface area contributed by atoms with Gasteiger partial charge in [0.15, 0.2) is 15.9 Å². The normalized spacial score (nSPS) is 15.3. The van der Waals surface area contributed by atoms with Crippen molar-refractivity contribution in [3.8, 4) is 0 Å². The Labute approximate surface area is 252 Å². The molecule has 1 unspecified atom stereocenters. The largest absolute Gasteiger partial charge is 0.503 e. The number of ketones is 1. The quantitative estimate of drug-likeness (QED) is 0.108. The Kier molecular flexibility index (Phi) is 7.99. The molecule has 1 aliphatic heterocycles. The molecule has 1 aromatic heterocycles. The lowest BCUT2D eigenvalue weighted by Gasteiger charge is -2.24. The summed E-state index contributed by atoms with van der Waals surface area (Å²) in [6.45, 7) is 2.06. The van der Waals surface area contributed by atoms with Gasteiger partial charge in [0.2, 0.25) is 5.13 Å². The Morgan fingerprint density at radius 1 is 0.952 bits per heavy atom. The Morgan fingerprint density at radius 2 is 1.69 bits per heavy atom. The molecule has 6 rings (SSSR count). The van der Waals surface area contributed by atoms with E-state index in [1.165, 1.54) is 50.4 Å². The highest BCUT2D eigenvalue weighted by molar-refractivity contribution is 8.00. The van der Waals surface area contributed by atoms with Crippen LogP contribution in [0.2, 0.25) is 0 Å². The molecule has 0 fully saturated rings. The maximum atomic E-state index is 13.5. The SMILES string of the molecule is CCc1ccc(C2C(C(=O)C=Cc3ccccc3)=C(O)C(=O)N2c2nnc(SCc3cccc4ccccc34)s2)cc1. The molecule has 0 aliphatic carbocycles. The minimum absolute atomic E-state index is 0.0246. The molecule has 0 spiro atoms. The van der Waals surface area contributed by atoms with Gasteiger partial charge in [0.25, 0.3) is 5.91 Å². The fourth-order valence-corrected chi connectivity index (χ4v) is 6.92. The van der Waals surface area contributed by atoms with Crippen molar-refractivity contribution in [1.82, 2.24) is 10.2 Å². The highest BCUT2D eigenvalue weighted by atomic mass is 32.2. The number of thioether (sulfide) groups is 1. The number of hydrogen-bond acceptors (Lipinski definition) is 7. The summed E-state index contributed by atoms with van der Waals surface area (Å²) in [5.41, 5.74) is 3.88. The van der Waals surface area contributed by atoms with Gasteiger partial charge in [-0.15, -0.1) is 10.2 Å². The number of aryl methyl sites for hydroxylation is 1. The maximum absolute atomic E-state index is 13.5. The number of hydrogen-bond donors (Lipinski definition) is 1. The van der Waals surface area contributed by atoms with E-state index < -0.39 is 23.5 Å². The molecule has 5 aromatic rings. The van der Waals surface area contributed by atoms with E-state index in [0.717, 1.165) is 17.5 Å².